The molecule has 1 saturated carbocycles. The maximum atomic E-state index is 13.8. The molecule has 5 heteroatoms. The molecule has 0 aromatic heterocycles. The summed E-state index contributed by atoms with van der Waals surface area (Å²) in [5.41, 5.74) is -0.417. The average Bonchev–Trinajstić information content (AvgIpc) is 3.04. The number of rotatable bonds is 2. The number of halogens is 1. The summed E-state index contributed by atoms with van der Waals surface area (Å²) in [7, 11) is 0. The van der Waals surface area contributed by atoms with Crippen LogP contribution in [0.5, 0.6) is 17.2 Å². The van der Waals surface area contributed by atoms with Crippen LogP contribution in [-0.4, -0.2) is 29.0 Å². The molecule has 1 aromatic rings. The summed E-state index contributed by atoms with van der Waals surface area (Å²) < 4.78 is 24.2. The van der Waals surface area contributed by atoms with Gasteiger partial charge in [0.05, 0.1) is 5.60 Å². The number of hydrogen-bond acceptors (Lipinski definition) is 4. The molecule has 1 aromatic carbocycles. The molecule has 2 N–H and O–H groups in total. The van der Waals surface area contributed by atoms with Gasteiger partial charge in [-0.05, 0) is 18.9 Å². The molecule has 1 heterocycles. The maximum absolute atomic E-state index is 13.8. The Hall–Kier alpha value is -1.49. The molecule has 1 fully saturated rings. The van der Waals surface area contributed by atoms with E-state index >= 15 is 0 Å². The number of aromatic hydroxyl groups is 1. The zero-order chi connectivity index (χ0) is 12.0. The molecular weight excluding hydrogens is 227 g/mol. The van der Waals surface area contributed by atoms with Crippen molar-refractivity contribution in [2.75, 3.05) is 13.2 Å². The van der Waals surface area contributed by atoms with Crippen LogP contribution in [0.1, 0.15) is 18.4 Å². The predicted octanol–water partition coefficient (Wildman–Crippen LogP) is 1.37. The fourth-order valence-electron chi connectivity index (χ4n) is 2.00. The van der Waals surface area contributed by atoms with Crippen molar-refractivity contribution in [2.45, 2.75) is 24.9 Å². The number of phenols is 1. The summed E-state index contributed by atoms with van der Waals surface area (Å²) in [5.74, 6) is -0.998. The van der Waals surface area contributed by atoms with Crippen LogP contribution in [0, 0.1) is 5.82 Å². The standard InChI is InChI=1S/C12H13FO4/c13-9-10(14)7(6-12(15)1-2-12)5-8-11(9)17-4-3-16-8/h5,14-15H,1-4,6H2. The van der Waals surface area contributed by atoms with Gasteiger partial charge in [0.15, 0.2) is 11.5 Å². The van der Waals surface area contributed by atoms with Crippen molar-refractivity contribution in [3.63, 3.8) is 0 Å². The molecular formula is C12H13FO4. The third-order valence-electron chi connectivity index (χ3n) is 3.17. The number of hydrogen-bond donors (Lipinski definition) is 2. The van der Waals surface area contributed by atoms with Crippen LogP contribution in [0.3, 0.4) is 0 Å². The van der Waals surface area contributed by atoms with Gasteiger partial charge in [0, 0.05) is 12.0 Å². The third kappa shape index (κ3) is 1.80. The van der Waals surface area contributed by atoms with Crippen LogP contribution in [0.15, 0.2) is 6.07 Å². The topological polar surface area (TPSA) is 58.9 Å². The highest BCUT2D eigenvalue weighted by Crippen LogP contribution is 2.45. The molecule has 1 aliphatic heterocycles. The minimum Gasteiger partial charge on any atom is -0.505 e. The van der Waals surface area contributed by atoms with E-state index in [1.54, 1.807) is 6.07 Å². The van der Waals surface area contributed by atoms with Gasteiger partial charge < -0.3 is 19.7 Å². The molecule has 1 aliphatic carbocycles. The van der Waals surface area contributed by atoms with Gasteiger partial charge in [-0.15, -0.1) is 0 Å². The summed E-state index contributed by atoms with van der Waals surface area (Å²) in [4.78, 5) is 0. The molecule has 4 nitrogen and oxygen atoms in total. The van der Waals surface area contributed by atoms with E-state index in [4.69, 9.17) is 9.47 Å². The monoisotopic (exact) mass is 240 g/mol. The Morgan fingerprint density at radius 1 is 1.29 bits per heavy atom. The molecule has 17 heavy (non-hydrogen) atoms. The Labute approximate surface area is 97.6 Å². The van der Waals surface area contributed by atoms with Crippen LogP contribution in [0.4, 0.5) is 4.39 Å². The molecule has 0 unspecified atom stereocenters. The first-order valence-corrected chi connectivity index (χ1v) is 5.61. The molecule has 0 atom stereocenters. The molecule has 0 saturated heterocycles. The second-order valence-electron chi connectivity index (χ2n) is 4.62. The molecule has 2 aliphatic rings. The lowest BCUT2D eigenvalue weighted by Gasteiger charge is -2.21. The van der Waals surface area contributed by atoms with Crippen molar-refractivity contribution in [3.05, 3.63) is 17.4 Å². The van der Waals surface area contributed by atoms with Gasteiger partial charge in [0.2, 0.25) is 11.6 Å². The van der Waals surface area contributed by atoms with Crippen LogP contribution in [0.2, 0.25) is 0 Å². The zero-order valence-electron chi connectivity index (χ0n) is 9.20. The van der Waals surface area contributed by atoms with E-state index in [1.807, 2.05) is 0 Å². The van der Waals surface area contributed by atoms with Crippen LogP contribution >= 0.6 is 0 Å². The van der Waals surface area contributed by atoms with Crippen LogP contribution in [-0.2, 0) is 6.42 Å². The number of fused-ring (bicyclic) bond motifs is 1. The summed E-state index contributed by atoms with van der Waals surface area (Å²) in [6.45, 7) is 0.633. The highest BCUT2D eigenvalue weighted by Gasteiger charge is 2.41. The summed E-state index contributed by atoms with van der Waals surface area (Å²) in [6, 6.07) is 1.54. The van der Waals surface area contributed by atoms with Gasteiger partial charge in [-0.1, -0.05) is 0 Å². The van der Waals surface area contributed by atoms with Crippen LogP contribution in [0.25, 0.3) is 0 Å². The summed E-state index contributed by atoms with van der Waals surface area (Å²) >= 11 is 0. The van der Waals surface area contributed by atoms with Gasteiger partial charge in [0.25, 0.3) is 0 Å². The average molecular weight is 240 g/mol. The second-order valence-corrected chi connectivity index (χ2v) is 4.62. The third-order valence-corrected chi connectivity index (χ3v) is 3.17. The van der Waals surface area contributed by atoms with Gasteiger partial charge >= 0.3 is 0 Å². The van der Waals surface area contributed by atoms with E-state index in [0.717, 1.165) is 0 Å². The fraction of sp³-hybridized carbons (Fsp3) is 0.500. The van der Waals surface area contributed by atoms with Crippen molar-refractivity contribution in [1.82, 2.24) is 0 Å². The first-order chi connectivity index (χ1) is 8.09. The van der Waals surface area contributed by atoms with Gasteiger partial charge in [-0.2, -0.15) is 4.39 Å². The molecule has 0 spiro atoms. The van der Waals surface area contributed by atoms with Crippen molar-refractivity contribution < 1.29 is 24.1 Å². The van der Waals surface area contributed by atoms with Gasteiger partial charge in [0.1, 0.15) is 13.2 Å². The lowest BCUT2D eigenvalue weighted by Crippen LogP contribution is -2.18. The van der Waals surface area contributed by atoms with E-state index in [-0.39, 0.29) is 18.8 Å². The lowest BCUT2D eigenvalue weighted by molar-refractivity contribution is 0.146. The number of aliphatic hydroxyl groups is 1. The highest BCUT2D eigenvalue weighted by atomic mass is 19.1. The predicted molar refractivity (Wildman–Crippen MR) is 56.9 cm³/mol. The molecule has 3 rings (SSSR count). The van der Waals surface area contributed by atoms with Crippen molar-refractivity contribution >= 4 is 0 Å². The maximum Gasteiger partial charge on any atom is 0.210 e. The van der Waals surface area contributed by atoms with Crippen LogP contribution < -0.4 is 9.47 Å². The largest absolute Gasteiger partial charge is 0.505 e. The number of ether oxygens (including phenoxy) is 2. The molecule has 0 radical (unpaired) electrons. The lowest BCUT2D eigenvalue weighted by atomic mass is 10.0. The summed E-state index contributed by atoms with van der Waals surface area (Å²) in [6.07, 6.45) is 1.61. The van der Waals surface area contributed by atoms with E-state index in [9.17, 15) is 14.6 Å². The number of benzene rings is 1. The van der Waals surface area contributed by atoms with Crippen molar-refractivity contribution in [1.29, 1.82) is 0 Å². The van der Waals surface area contributed by atoms with E-state index in [1.165, 1.54) is 0 Å². The van der Waals surface area contributed by atoms with Crippen molar-refractivity contribution in [3.8, 4) is 17.2 Å². The Bertz CT molecular complexity index is 468. The highest BCUT2D eigenvalue weighted by molar-refractivity contribution is 5.52. The van der Waals surface area contributed by atoms with Crippen molar-refractivity contribution in [2.24, 2.45) is 0 Å². The van der Waals surface area contributed by atoms with E-state index < -0.39 is 17.2 Å². The molecule has 92 valence electrons. The normalized spacial score (nSPS) is 20.1. The SMILES string of the molecule is Oc1c(CC2(O)CC2)cc2c(c1F)OCCO2. The second kappa shape index (κ2) is 3.50. The Kier molecular flexibility index (Phi) is 2.19. The minimum absolute atomic E-state index is 0.0414. The Morgan fingerprint density at radius 3 is 2.71 bits per heavy atom. The number of phenolic OH excluding ortho intramolecular Hbond substituents is 1. The first-order valence-electron chi connectivity index (χ1n) is 5.61. The van der Waals surface area contributed by atoms with Gasteiger partial charge in [-0.3, -0.25) is 0 Å². The smallest absolute Gasteiger partial charge is 0.210 e. The summed E-state index contributed by atoms with van der Waals surface area (Å²) in [5, 5.41) is 19.5. The Morgan fingerprint density at radius 2 is 2.00 bits per heavy atom. The van der Waals surface area contributed by atoms with E-state index in [2.05, 4.69) is 0 Å². The minimum atomic E-state index is -0.804. The quantitative estimate of drug-likeness (QED) is 0.819. The zero-order valence-corrected chi connectivity index (χ0v) is 9.20. The molecule has 0 amide bonds. The Balaban J connectivity index is 2.01. The molecule has 0 bridgehead atoms. The first kappa shape index (κ1) is 10.7. The van der Waals surface area contributed by atoms with Gasteiger partial charge in [-0.25, -0.2) is 0 Å². The fourth-order valence-corrected chi connectivity index (χ4v) is 2.00. The van der Waals surface area contributed by atoms with E-state index in [0.29, 0.717) is 30.8 Å².